The molecule has 1 N–H and O–H groups in total. The quantitative estimate of drug-likeness (QED) is 0.673. The Labute approximate surface area is 140 Å². The van der Waals surface area contributed by atoms with Gasteiger partial charge in [-0.25, -0.2) is 0 Å². The fourth-order valence-corrected chi connectivity index (χ4v) is 3.03. The number of aromatic amines is 1. The van der Waals surface area contributed by atoms with Crippen LogP contribution in [0.3, 0.4) is 0 Å². The van der Waals surface area contributed by atoms with Crippen LogP contribution in [0.1, 0.15) is 15.9 Å². The maximum Gasteiger partial charge on any atom is 0.232 e. The third kappa shape index (κ3) is 2.33. The molecule has 0 spiro atoms. The number of rotatable bonds is 2. The average Bonchev–Trinajstić information content (AvgIpc) is 3.10. The number of aromatic nitrogens is 1. The van der Waals surface area contributed by atoms with Crippen molar-refractivity contribution in [3.63, 3.8) is 0 Å². The monoisotopic (exact) mass is 369 g/mol. The molecular formula is C18H12BrNO3. The molecule has 0 saturated carbocycles. The SMILES string of the molecule is COc1ccc2[nH]cc(/C=C3\Oc4ccc(Br)cc4C3=O)c2c1. The molecule has 114 valence electrons. The number of H-pyrrole nitrogens is 1. The maximum absolute atomic E-state index is 12.5. The smallest absolute Gasteiger partial charge is 0.232 e. The van der Waals surface area contributed by atoms with E-state index in [1.807, 2.05) is 30.5 Å². The van der Waals surface area contributed by atoms with Crippen LogP contribution in [0, 0.1) is 0 Å². The van der Waals surface area contributed by atoms with Gasteiger partial charge in [0.2, 0.25) is 5.78 Å². The molecule has 0 unspecified atom stereocenters. The standard InChI is InChI=1S/C18H12BrNO3/c1-22-12-3-4-15-13(8-12)10(9-20-15)6-17-18(21)14-7-11(19)2-5-16(14)23-17/h2-9,20H,1H3/b17-6-. The molecule has 4 nitrogen and oxygen atoms in total. The van der Waals surface area contributed by atoms with Gasteiger partial charge in [-0.1, -0.05) is 15.9 Å². The maximum atomic E-state index is 12.5. The van der Waals surface area contributed by atoms with Gasteiger partial charge in [-0.3, -0.25) is 4.79 Å². The van der Waals surface area contributed by atoms with Crippen molar-refractivity contribution in [2.45, 2.75) is 0 Å². The van der Waals surface area contributed by atoms with Crippen molar-refractivity contribution in [2.75, 3.05) is 7.11 Å². The van der Waals surface area contributed by atoms with Gasteiger partial charge < -0.3 is 14.5 Å². The molecule has 0 fully saturated rings. The van der Waals surface area contributed by atoms with Crippen LogP contribution in [-0.2, 0) is 0 Å². The zero-order valence-electron chi connectivity index (χ0n) is 12.2. The summed E-state index contributed by atoms with van der Waals surface area (Å²) in [5.74, 6) is 1.56. The van der Waals surface area contributed by atoms with Gasteiger partial charge in [-0.2, -0.15) is 0 Å². The Balaban J connectivity index is 1.79. The zero-order valence-corrected chi connectivity index (χ0v) is 13.8. The molecule has 1 aliphatic rings. The van der Waals surface area contributed by atoms with Crippen molar-refractivity contribution < 1.29 is 14.3 Å². The minimum absolute atomic E-state index is 0.112. The highest BCUT2D eigenvalue weighted by Gasteiger charge is 2.27. The molecule has 23 heavy (non-hydrogen) atoms. The zero-order chi connectivity index (χ0) is 16.0. The molecule has 0 aliphatic carbocycles. The molecule has 2 aromatic carbocycles. The Bertz CT molecular complexity index is 972. The first-order chi connectivity index (χ1) is 11.2. The van der Waals surface area contributed by atoms with Gasteiger partial charge in [-0.05, 0) is 42.5 Å². The number of carbonyl (C=O) groups excluding carboxylic acids is 1. The van der Waals surface area contributed by atoms with Crippen LogP contribution in [0.2, 0.25) is 0 Å². The van der Waals surface area contributed by atoms with Gasteiger partial charge in [0, 0.05) is 27.1 Å². The van der Waals surface area contributed by atoms with Crippen LogP contribution >= 0.6 is 15.9 Å². The lowest BCUT2D eigenvalue weighted by molar-refractivity contribution is 0.101. The van der Waals surface area contributed by atoms with Crippen LogP contribution in [0.4, 0.5) is 0 Å². The van der Waals surface area contributed by atoms with Crippen LogP contribution in [0.5, 0.6) is 11.5 Å². The number of hydrogen-bond donors (Lipinski definition) is 1. The second-order valence-electron chi connectivity index (χ2n) is 5.24. The summed E-state index contributed by atoms with van der Waals surface area (Å²) in [5.41, 5.74) is 2.43. The fraction of sp³-hybridized carbons (Fsp3) is 0.0556. The molecule has 0 amide bonds. The highest BCUT2D eigenvalue weighted by molar-refractivity contribution is 9.10. The van der Waals surface area contributed by atoms with Crippen LogP contribution in [-0.4, -0.2) is 17.9 Å². The highest BCUT2D eigenvalue weighted by Crippen LogP contribution is 2.34. The van der Waals surface area contributed by atoms with Crippen LogP contribution < -0.4 is 9.47 Å². The number of nitrogens with one attached hydrogen (secondary N) is 1. The number of benzene rings is 2. The van der Waals surface area contributed by atoms with Gasteiger partial charge in [-0.15, -0.1) is 0 Å². The lowest BCUT2D eigenvalue weighted by Crippen LogP contribution is -1.97. The second-order valence-corrected chi connectivity index (χ2v) is 6.15. The Morgan fingerprint density at radius 1 is 1.22 bits per heavy atom. The van der Waals surface area contributed by atoms with E-state index < -0.39 is 0 Å². The third-order valence-electron chi connectivity index (χ3n) is 3.84. The lowest BCUT2D eigenvalue weighted by Gasteiger charge is -2.00. The molecule has 0 radical (unpaired) electrons. The van der Waals surface area contributed by atoms with E-state index in [9.17, 15) is 4.79 Å². The minimum Gasteiger partial charge on any atom is -0.497 e. The van der Waals surface area contributed by atoms with Gasteiger partial charge in [0.1, 0.15) is 11.5 Å². The van der Waals surface area contributed by atoms with Crippen molar-refractivity contribution in [3.8, 4) is 11.5 Å². The second kappa shape index (κ2) is 5.28. The molecule has 2 heterocycles. The lowest BCUT2D eigenvalue weighted by atomic mass is 10.1. The van der Waals surface area contributed by atoms with E-state index in [0.717, 1.165) is 26.7 Å². The molecule has 1 aromatic heterocycles. The first kappa shape index (κ1) is 14.1. The number of Topliss-reactive ketones (excluding diaryl/α,β-unsaturated/α-hetero) is 1. The predicted molar refractivity (Wildman–Crippen MR) is 91.9 cm³/mol. The summed E-state index contributed by atoms with van der Waals surface area (Å²) >= 11 is 3.38. The summed E-state index contributed by atoms with van der Waals surface area (Å²) in [5, 5.41) is 0.977. The first-order valence-corrected chi connectivity index (χ1v) is 7.84. The first-order valence-electron chi connectivity index (χ1n) is 7.04. The molecule has 0 bridgehead atoms. The summed E-state index contributed by atoms with van der Waals surface area (Å²) in [6.45, 7) is 0. The topological polar surface area (TPSA) is 51.3 Å². The average molecular weight is 370 g/mol. The van der Waals surface area contributed by atoms with Gasteiger partial charge in [0.25, 0.3) is 0 Å². The highest BCUT2D eigenvalue weighted by atomic mass is 79.9. The summed E-state index contributed by atoms with van der Waals surface area (Å²) in [6.07, 6.45) is 3.61. The Morgan fingerprint density at radius 3 is 2.91 bits per heavy atom. The summed E-state index contributed by atoms with van der Waals surface area (Å²) in [6, 6.07) is 11.2. The van der Waals surface area contributed by atoms with Gasteiger partial charge in [0.05, 0.1) is 12.7 Å². The normalized spacial score (nSPS) is 15.0. The van der Waals surface area contributed by atoms with Crippen molar-refractivity contribution in [3.05, 3.63) is 64.0 Å². The predicted octanol–water partition coefficient (Wildman–Crippen LogP) is 4.56. The number of ether oxygens (including phenoxy) is 2. The number of allylic oxidation sites excluding steroid dienone is 1. The van der Waals surface area contributed by atoms with E-state index in [0.29, 0.717) is 17.1 Å². The fourth-order valence-electron chi connectivity index (χ4n) is 2.67. The molecule has 5 heteroatoms. The van der Waals surface area contributed by atoms with E-state index >= 15 is 0 Å². The summed E-state index contributed by atoms with van der Waals surface area (Å²) < 4.78 is 11.8. The Kier molecular flexibility index (Phi) is 3.23. The van der Waals surface area contributed by atoms with E-state index in [-0.39, 0.29) is 5.78 Å². The molecule has 0 atom stereocenters. The van der Waals surface area contributed by atoms with Crippen LogP contribution in [0.15, 0.2) is 52.8 Å². The number of halogens is 1. The van der Waals surface area contributed by atoms with E-state index in [4.69, 9.17) is 9.47 Å². The third-order valence-corrected chi connectivity index (χ3v) is 4.33. The van der Waals surface area contributed by atoms with E-state index in [1.54, 1.807) is 25.3 Å². The van der Waals surface area contributed by atoms with E-state index in [1.165, 1.54) is 0 Å². The summed E-state index contributed by atoms with van der Waals surface area (Å²) in [4.78, 5) is 15.7. The Hall–Kier alpha value is -2.53. The van der Waals surface area contributed by atoms with Gasteiger partial charge >= 0.3 is 0 Å². The van der Waals surface area contributed by atoms with Crippen LogP contribution in [0.25, 0.3) is 17.0 Å². The van der Waals surface area contributed by atoms with Crippen molar-refractivity contribution in [2.24, 2.45) is 0 Å². The molecule has 4 rings (SSSR count). The van der Waals surface area contributed by atoms with E-state index in [2.05, 4.69) is 20.9 Å². The Morgan fingerprint density at radius 2 is 2.09 bits per heavy atom. The number of ketones is 1. The minimum atomic E-state index is -0.112. The molecule has 0 saturated heterocycles. The van der Waals surface area contributed by atoms with Crippen molar-refractivity contribution in [1.82, 2.24) is 4.98 Å². The number of methoxy groups -OCH3 is 1. The number of carbonyl (C=O) groups is 1. The number of hydrogen-bond acceptors (Lipinski definition) is 3. The number of fused-ring (bicyclic) bond motifs is 2. The molecular weight excluding hydrogens is 358 g/mol. The van der Waals surface area contributed by atoms with Gasteiger partial charge in [0.15, 0.2) is 5.76 Å². The van der Waals surface area contributed by atoms with Crippen molar-refractivity contribution >= 4 is 38.7 Å². The summed E-state index contributed by atoms with van der Waals surface area (Å²) in [7, 11) is 1.63. The largest absolute Gasteiger partial charge is 0.497 e. The molecule has 1 aliphatic heterocycles. The van der Waals surface area contributed by atoms with Crippen molar-refractivity contribution in [1.29, 1.82) is 0 Å². The molecule has 3 aromatic rings.